The Hall–Kier alpha value is -2.37. The molecule has 156 valence electrons. The van der Waals surface area contributed by atoms with Gasteiger partial charge < -0.3 is 0 Å². The maximum absolute atomic E-state index is 12.8. The third kappa shape index (κ3) is 4.62. The van der Waals surface area contributed by atoms with E-state index in [-0.39, 0.29) is 17.4 Å². The van der Waals surface area contributed by atoms with Crippen molar-refractivity contribution in [1.29, 1.82) is 0 Å². The van der Waals surface area contributed by atoms with Crippen molar-refractivity contribution in [3.63, 3.8) is 0 Å². The van der Waals surface area contributed by atoms with E-state index in [1.54, 1.807) is 0 Å². The maximum atomic E-state index is 12.8. The van der Waals surface area contributed by atoms with E-state index in [0.29, 0.717) is 12.0 Å². The van der Waals surface area contributed by atoms with Gasteiger partial charge in [0.1, 0.15) is 0 Å². The van der Waals surface area contributed by atoms with Gasteiger partial charge in [0.15, 0.2) is 0 Å². The summed E-state index contributed by atoms with van der Waals surface area (Å²) >= 11 is 0. The number of hydrogen-bond donors (Lipinski definition) is 0. The predicted molar refractivity (Wildman–Crippen MR) is 108 cm³/mol. The van der Waals surface area contributed by atoms with E-state index >= 15 is 0 Å². The number of hydrazone groups is 1. The van der Waals surface area contributed by atoms with Crippen LogP contribution in [0.4, 0.5) is 13.2 Å². The highest BCUT2D eigenvalue weighted by molar-refractivity contribution is 5.98. The Bertz CT molecular complexity index is 876. The summed E-state index contributed by atoms with van der Waals surface area (Å²) in [4.78, 5) is 12.1. The van der Waals surface area contributed by atoms with Gasteiger partial charge in [0.2, 0.25) is 5.91 Å². The summed E-state index contributed by atoms with van der Waals surface area (Å²) in [6.07, 6.45) is 3.55. The summed E-state index contributed by atoms with van der Waals surface area (Å²) in [7, 11) is 0. The van der Waals surface area contributed by atoms with Crippen molar-refractivity contribution in [3.05, 3.63) is 58.7 Å². The minimum atomic E-state index is -4.38. The zero-order valence-electron chi connectivity index (χ0n) is 17.3. The van der Waals surface area contributed by atoms with Crippen LogP contribution in [0.3, 0.4) is 0 Å². The molecule has 1 aromatic carbocycles. The van der Waals surface area contributed by atoms with Gasteiger partial charge in [0.25, 0.3) is 0 Å². The average molecular weight is 404 g/mol. The molecule has 1 aromatic rings. The summed E-state index contributed by atoms with van der Waals surface area (Å²) in [5.74, 6) is -0.230. The molecule has 2 aliphatic rings. The molecule has 0 saturated heterocycles. The molecule has 1 aliphatic heterocycles. The van der Waals surface area contributed by atoms with Gasteiger partial charge in [-0.05, 0) is 60.9 Å². The fourth-order valence-electron chi connectivity index (χ4n) is 4.27. The van der Waals surface area contributed by atoms with E-state index in [2.05, 4.69) is 31.9 Å². The number of carbonyl (C=O) groups is 1. The molecule has 1 atom stereocenters. The second-order valence-electron chi connectivity index (χ2n) is 8.56. The first-order valence-electron chi connectivity index (χ1n) is 9.92. The Morgan fingerprint density at radius 3 is 2.41 bits per heavy atom. The Balaban J connectivity index is 1.83. The van der Waals surface area contributed by atoms with Crippen LogP contribution in [0, 0.1) is 5.41 Å². The summed E-state index contributed by atoms with van der Waals surface area (Å²) in [5, 5.41) is 5.81. The molecule has 29 heavy (non-hydrogen) atoms. The predicted octanol–water partition coefficient (Wildman–Crippen LogP) is 6.44. The lowest BCUT2D eigenvalue weighted by atomic mass is 9.72. The van der Waals surface area contributed by atoms with Gasteiger partial charge in [0, 0.05) is 13.3 Å². The number of hydrogen-bond acceptors (Lipinski definition) is 2. The van der Waals surface area contributed by atoms with Gasteiger partial charge in [-0.1, -0.05) is 37.6 Å². The van der Waals surface area contributed by atoms with Crippen molar-refractivity contribution in [3.8, 4) is 0 Å². The number of carbonyl (C=O) groups excluding carboxylic acids is 1. The SMILES string of the molecule is CC(=O)N1N=C(/C=C/C2=C(C)CCCC2(C)C)CC1c1ccc(C(F)(F)F)cc1. The van der Waals surface area contributed by atoms with Crippen LogP contribution in [0.25, 0.3) is 0 Å². The lowest BCUT2D eigenvalue weighted by molar-refractivity contribution is -0.137. The zero-order chi connectivity index (χ0) is 21.4. The molecule has 1 unspecified atom stereocenters. The monoisotopic (exact) mass is 404 g/mol. The van der Waals surface area contributed by atoms with Crippen LogP contribution in [0.5, 0.6) is 0 Å². The molecule has 0 spiro atoms. The Kier molecular flexibility index (Phi) is 5.74. The van der Waals surface area contributed by atoms with Crippen LogP contribution >= 0.6 is 0 Å². The van der Waals surface area contributed by atoms with E-state index in [0.717, 1.165) is 30.7 Å². The molecule has 0 saturated carbocycles. The van der Waals surface area contributed by atoms with Crippen LogP contribution in [0.1, 0.15) is 70.5 Å². The van der Waals surface area contributed by atoms with E-state index < -0.39 is 11.7 Å². The van der Waals surface area contributed by atoms with Gasteiger partial charge in [-0.3, -0.25) is 4.79 Å². The quantitative estimate of drug-likeness (QED) is 0.571. The smallest absolute Gasteiger partial charge is 0.273 e. The van der Waals surface area contributed by atoms with E-state index in [1.165, 1.54) is 41.6 Å². The third-order valence-corrected chi connectivity index (χ3v) is 5.86. The highest BCUT2D eigenvalue weighted by Gasteiger charge is 2.33. The third-order valence-electron chi connectivity index (χ3n) is 5.86. The lowest BCUT2D eigenvalue weighted by Gasteiger charge is -2.32. The molecule has 3 nitrogen and oxygen atoms in total. The van der Waals surface area contributed by atoms with Gasteiger partial charge >= 0.3 is 6.18 Å². The van der Waals surface area contributed by atoms with Crippen molar-refractivity contribution in [2.45, 2.75) is 65.6 Å². The minimum Gasteiger partial charge on any atom is -0.273 e. The van der Waals surface area contributed by atoms with E-state index in [9.17, 15) is 18.0 Å². The molecule has 0 bridgehead atoms. The molecular weight excluding hydrogens is 377 g/mol. The van der Waals surface area contributed by atoms with Crippen molar-refractivity contribution < 1.29 is 18.0 Å². The van der Waals surface area contributed by atoms with Gasteiger partial charge in [-0.25, -0.2) is 5.01 Å². The molecular formula is C23H27F3N2O. The number of amides is 1. The lowest BCUT2D eigenvalue weighted by Crippen LogP contribution is -2.24. The van der Waals surface area contributed by atoms with Crippen LogP contribution in [-0.4, -0.2) is 16.6 Å². The van der Waals surface area contributed by atoms with Gasteiger partial charge in [0.05, 0.1) is 17.3 Å². The molecule has 0 aromatic heterocycles. The van der Waals surface area contributed by atoms with Gasteiger partial charge in [-0.2, -0.15) is 18.3 Å². The molecule has 1 heterocycles. The van der Waals surface area contributed by atoms with Crippen molar-refractivity contribution >= 4 is 11.6 Å². The maximum Gasteiger partial charge on any atom is 0.416 e. The standard InChI is InChI=1S/C23H27F3N2O/c1-15-6-5-13-22(3,4)20(15)12-11-19-14-21(28(27-19)16(2)29)17-7-9-18(10-8-17)23(24,25)26/h7-12,21H,5-6,13-14H2,1-4H3/b12-11+. The van der Waals surface area contributed by atoms with Crippen molar-refractivity contribution in [2.75, 3.05) is 0 Å². The van der Waals surface area contributed by atoms with Crippen LogP contribution in [0.15, 0.2) is 52.7 Å². The number of alkyl halides is 3. The van der Waals surface area contributed by atoms with Crippen molar-refractivity contribution in [1.82, 2.24) is 5.01 Å². The first-order valence-corrected chi connectivity index (χ1v) is 9.92. The fourth-order valence-corrected chi connectivity index (χ4v) is 4.27. The van der Waals surface area contributed by atoms with Crippen molar-refractivity contribution in [2.24, 2.45) is 10.5 Å². The van der Waals surface area contributed by atoms with E-state index in [4.69, 9.17) is 0 Å². The summed E-state index contributed by atoms with van der Waals surface area (Å²) < 4.78 is 38.5. The summed E-state index contributed by atoms with van der Waals surface area (Å²) in [6.45, 7) is 8.05. The Morgan fingerprint density at radius 1 is 1.21 bits per heavy atom. The summed E-state index contributed by atoms with van der Waals surface area (Å²) in [6, 6.07) is 4.59. The van der Waals surface area contributed by atoms with E-state index in [1.807, 2.05) is 6.08 Å². The molecule has 3 rings (SSSR count). The molecule has 0 radical (unpaired) electrons. The van der Waals surface area contributed by atoms with Crippen LogP contribution in [-0.2, 0) is 11.0 Å². The normalized spacial score (nSPS) is 22.4. The Labute approximate surface area is 170 Å². The summed E-state index contributed by atoms with van der Waals surface area (Å²) in [5.41, 5.74) is 3.49. The number of rotatable bonds is 3. The second-order valence-corrected chi connectivity index (χ2v) is 8.56. The van der Waals surface area contributed by atoms with Gasteiger partial charge in [-0.15, -0.1) is 0 Å². The molecule has 6 heteroatoms. The largest absolute Gasteiger partial charge is 0.416 e. The second kappa shape index (κ2) is 7.81. The minimum absolute atomic E-state index is 0.102. The zero-order valence-corrected chi connectivity index (χ0v) is 17.3. The highest BCUT2D eigenvalue weighted by atomic mass is 19.4. The Morgan fingerprint density at radius 2 is 1.86 bits per heavy atom. The number of halogens is 3. The molecule has 1 aliphatic carbocycles. The number of allylic oxidation sites excluding steroid dienone is 4. The highest BCUT2D eigenvalue weighted by Crippen LogP contribution is 2.41. The fraction of sp³-hybridized carbons (Fsp3) is 0.478. The average Bonchev–Trinajstić information content (AvgIpc) is 3.05. The number of benzene rings is 1. The molecule has 0 N–H and O–H groups in total. The first-order chi connectivity index (χ1) is 13.5. The first kappa shape index (κ1) is 21.3. The van der Waals surface area contributed by atoms with Crippen LogP contribution in [0.2, 0.25) is 0 Å². The van der Waals surface area contributed by atoms with Crippen LogP contribution < -0.4 is 0 Å². The number of nitrogens with zero attached hydrogens (tertiary/aromatic N) is 2. The molecule has 0 fully saturated rings. The topological polar surface area (TPSA) is 32.7 Å². The molecule has 1 amide bonds.